The number of allylic oxidation sites excluding steroid dienone is 14. The number of rotatable bonds is 6. The Morgan fingerprint density at radius 1 is 1.06 bits per heavy atom. The van der Waals surface area contributed by atoms with Gasteiger partial charge in [-0.25, -0.2) is 0 Å². The highest BCUT2D eigenvalue weighted by Gasteiger charge is 2.31. The van der Waals surface area contributed by atoms with Crippen molar-refractivity contribution >= 4 is 0 Å². The Balaban J connectivity index is 1.42. The van der Waals surface area contributed by atoms with Gasteiger partial charge in [-0.15, -0.1) is 0 Å². The molecule has 0 amide bonds. The third-order valence-corrected chi connectivity index (χ3v) is 8.35. The van der Waals surface area contributed by atoms with Crippen LogP contribution in [-0.4, -0.2) is 0 Å². The first-order valence-corrected chi connectivity index (χ1v) is 14.2. The van der Waals surface area contributed by atoms with Crippen molar-refractivity contribution in [1.82, 2.24) is 0 Å². The largest absolute Gasteiger partial charge is 0.0842 e. The minimum absolute atomic E-state index is 0.214. The van der Waals surface area contributed by atoms with Crippen molar-refractivity contribution in [3.63, 3.8) is 0 Å². The van der Waals surface area contributed by atoms with Gasteiger partial charge in [-0.1, -0.05) is 89.3 Å². The SMILES string of the molecule is CC(C)C=C(CCCC1CC=CC2=CC(C(C)(C)C)=CC3=CCC(CC1)CC32)C1=CC=CCC1. The van der Waals surface area contributed by atoms with Crippen molar-refractivity contribution in [3.05, 3.63) is 82.5 Å². The van der Waals surface area contributed by atoms with Crippen molar-refractivity contribution < 1.29 is 0 Å². The highest BCUT2D eigenvalue weighted by atomic mass is 14.4. The summed E-state index contributed by atoms with van der Waals surface area (Å²) in [5.41, 5.74) is 8.09. The molecule has 0 fully saturated rings. The summed E-state index contributed by atoms with van der Waals surface area (Å²) >= 11 is 0. The number of fused-ring (bicyclic) bond motifs is 1. The fourth-order valence-electron chi connectivity index (χ4n) is 6.29. The minimum atomic E-state index is 0.214. The lowest BCUT2D eigenvalue weighted by Crippen LogP contribution is -2.23. The fraction of sp³-hybridized carbons (Fsp3) is 0.588. The summed E-state index contributed by atoms with van der Waals surface area (Å²) in [6.07, 6.45) is 35.2. The van der Waals surface area contributed by atoms with Gasteiger partial charge in [0.25, 0.3) is 0 Å². The van der Waals surface area contributed by atoms with Crippen LogP contribution in [0.25, 0.3) is 0 Å². The molecule has 0 saturated heterocycles. The standard InChI is InChI=1S/C34H48/c1-25(2)21-29(28-13-7-6-8-14-28)15-9-11-26-12-10-16-30-23-32(34(3,4)5)24-31-20-19-27(18-17-26)22-33(30)31/h6-7,10,13,16,20-21,23-27,33H,8-9,11-12,14-15,17-19,22H2,1-5H3. The lowest BCUT2D eigenvalue weighted by atomic mass is 9.69. The summed E-state index contributed by atoms with van der Waals surface area (Å²) in [5.74, 6) is 2.97. The molecule has 0 heteroatoms. The molecule has 4 aliphatic carbocycles. The van der Waals surface area contributed by atoms with Gasteiger partial charge in [0.15, 0.2) is 0 Å². The van der Waals surface area contributed by atoms with Crippen LogP contribution in [0.5, 0.6) is 0 Å². The van der Waals surface area contributed by atoms with E-state index >= 15 is 0 Å². The van der Waals surface area contributed by atoms with E-state index in [0.717, 1.165) is 11.8 Å². The Labute approximate surface area is 210 Å². The molecule has 0 aromatic carbocycles. The second kappa shape index (κ2) is 11.3. The summed E-state index contributed by atoms with van der Waals surface area (Å²) in [6, 6.07) is 0. The van der Waals surface area contributed by atoms with Crippen LogP contribution in [0.15, 0.2) is 82.5 Å². The molecular weight excluding hydrogens is 408 g/mol. The lowest BCUT2D eigenvalue weighted by molar-refractivity contribution is 0.330. The predicted molar refractivity (Wildman–Crippen MR) is 150 cm³/mol. The zero-order valence-electron chi connectivity index (χ0n) is 22.6. The molecule has 4 rings (SSSR count). The summed E-state index contributed by atoms with van der Waals surface area (Å²) < 4.78 is 0. The van der Waals surface area contributed by atoms with Gasteiger partial charge in [0.1, 0.15) is 0 Å². The van der Waals surface area contributed by atoms with Crippen LogP contribution in [0.1, 0.15) is 98.8 Å². The molecule has 34 heavy (non-hydrogen) atoms. The van der Waals surface area contributed by atoms with Gasteiger partial charge < -0.3 is 0 Å². The molecule has 0 heterocycles. The van der Waals surface area contributed by atoms with Gasteiger partial charge in [-0.05, 0) is 115 Å². The summed E-state index contributed by atoms with van der Waals surface area (Å²) in [5, 5.41) is 0. The van der Waals surface area contributed by atoms with E-state index in [4.69, 9.17) is 0 Å². The monoisotopic (exact) mass is 456 g/mol. The van der Waals surface area contributed by atoms with Crippen molar-refractivity contribution in [2.24, 2.45) is 29.1 Å². The molecule has 2 bridgehead atoms. The van der Waals surface area contributed by atoms with Crippen LogP contribution in [0.3, 0.4) is 0 Å². The number of hydrogen-bond acceptors (Lipinski definition) is 0. The molecule has 0 aromatic rings. The smallest absolute Gasteiger partial charge is 0.00890 e. The zero-order valence-corrected chi connectivity index (χ0v) is 22.6. The van der Waals surface area contributed by atoms with E-state index in [-0.39, 0.29) is 5.41 Å². The average Bonchev–Trinajstić information content (AvgIpc) is 2.81. The van der Waals surface area contributed by atoms with E-state index in [1.165, 1.54) is 69.8 Å². The summed E-state index contributed by atoms with van der Waals surface area (Å²) in [4.78, 5) is 0. The normalized spacial score (nSPS) is 27.7. The third kappa shape index (κ3) is 6.65. The maximum Gasteiger partial charge on any atom is 0.00890 e. The van der Waals surface area contributed by atoms with E-state index in [0.29, 0.717) is 11.8 Å². The van der Waals surface area contributed by atoms with Crippen LogP contribution < -0.4 is 0 Å². The molecule has 184 valence electrons. The van der Waals surface area contributed by atoms with Crippen molar-refractivity contribution in [2.45, 2.75) is 98.8 Å². The van der Waals surface area contributed by atoms with Crippen LogP contribution in [0.4, 0.5) is 0 Å². The maximum absolute atomic E-state index is 2.58. The fourth-order valence-corrected chi connectivity index (χ4v) is 6.29. The highest BCUT2D eigenvalue weighted by molar-refractivity contribution is 5.49. The molecule has 0 aromatic heterocycles. The van der Waals surface area contributed by atoms with Gasteiger partial charge in [0.05, 0.1) is 0 Å². The predicted octanol–water partition coefficient (Wildman–Crippen LogP) is 10.2. The molecule has 3 atom stereocenters. The topological polar surface area (TPSA) is 0 Å². The molecule has 0 radical (unpaired) electrons. The van der Waals surface area contributed by atoms with Crippen LogP contribution in [-0.2, 0) is 0 Å². The Kier molecular flexibility index (Phi) is 8.39. The first kappa shape index (κ1) is 25.3. The summed E-state index contributed by atoms with van der Waals surface area (Å²) in [6.45, 7) is 11.7. The number of hydrogen-bond donors (Lipinski definition) is 0. The Morgan fingerprint density at radius 2 is 1.91 bits per heavy atom. The zero-order chi connectivity index (χ0) is 24.1. The second-order valence-corrected chi connectivity index (χ2v) is 12.7. The molecule has 0 spiro atoms. The van der Waals surface area contributed by atoms with E-state index in [9.17, 15) is 0 Å². The van der Waals surface area contributed by atoms with E-state index in [1.54, 1.807) is 22.3 Å². The molecule has 0 aliphatic heterocycles. The lowest BCUT2D eigenvalue weighted by Gasteiger charge is -2.36. The van der Waals surface area contributed by atoms with E-state index < -0.39 is 0 Å². The second-order valence-electron chi connectivity index (χ2n) is 12.7. The summed E-state index contributed by atoms with van der Waals surface area (Å²) in [7, 11) is 0. The van der Waals surface area contributed by atoms with Crippen LogP contribution in [0, 0.1) is 29.1 Å². The highest BCUT2D eigenvalue weighted by Crippen LogP contribution is 2.45. The Morgan fingerprint density at radius 3 is 2.65 bits per heavy atom. The van der Waals surface area contributed by atoms with E-state index in [1.807, 2.05) is 0 Å². The molecule has 3 unspecified atom stereocenters. The molecule has 4 aliphatic rings. The quantitative estimate of drug-likeness (QED) is 0.373. The third-order valence-electron chi connectivity index (χ3n) is 8.35. The maximum atomic E-state index is 2.58. The van der Waals surface area contributed by atoms with Gasteiger partial charge >= 0.3 is 0 Å². The van der Waals surface area contributed by atoms with E-state index in [2.05, 4.69) is 89.3 Å². The molecule has 0 N–H and O–H groups in total. The van der Waals surface area contributed by atoms with Crippen molar-refractivity contribution in [3.8, 4) is 0 Å². The van der Waals surface area contributed by atoms with Crippen LogP contribution in [0.2, 0.25) is 0 Å². The Hall–Kier alpha value is -1.82. The van der Waals surface area contributed by atoms with Gasteiger partial charge in [0.2, 0.25) is 0 Å². The molecule has 0 nitrogen and oxygen atoms in total. The van der Waals surface area contributed by atoms with Gasteiger partial charge in [-0.3, -0.25) is 0 Å². The first-order valence-electron chi connectivity index (χ1n) is 14.2. The van der Waals surface area contributed by atoms with Gasteiger partial charge in [-0.2, -0.15) is 0 Å². The van der Waals surface area contributed by atoms with Gasteiger partial charge in [0, 0.05) is 5.92 Å². The molecule has 0 saturated carbocycles. The minimum Gasteiger partial charge on any atom is -0.0842 e. The van der Waals surface area contributed by atoms with Crippen LogP contribution >= 0.6 is 0 Å². The average molecular weight is 457 g/mol. The molecular formula is C34H48. The first-order chi connectivity index (χ1) is 16.3. The van der Waals surface area contributed by atoms with Crippen molar-refractivity contribution in [1.29, 1.82) is 0 Å². The van der Waals surface area contributed by atoms with Crippen molar-refractivity contribution in [2.75, 3.05) is 0 Å². The Bertz CT molecular complexity index is 931.